The molecule has 8 nitrogen and oxygen atoms in total. The molecule has 0 aliphatic carbocycles. The summed E-state index contributed by atoms with van der Waals surface area (Å²) in [7, 11) is 0. The van der Waals surface area contributed by atoms with E-state index in [0.717, 1.165) is 0 Å². The molecule has 0 saturated carbocycles. The van der Waals surface area contributed by atoms with Gasteiger partial charge in [0.25, 0.3) is 11.6 Å². The fraction of sp³-hybridized carbons (Fsp3) is 0.200. The SMILES string of the molecule is N=C(c1c[n+](-c2ccc(C(=O)N3CCOCC3)cc2F)[nH]n1)c1ccccc1N. The molecule has 29 heavy (non-hydrogen) atoms. The predicted molar refractivity (Wildman–Crippen MR) is 104 cm³/mol. The molecule has 0 atom stereocenters. The molecular weight excluding hydrogens is 375 g/mol. The number of nitrogens with two attached hydrogens (primary N) is 1. The van der Waals surface area contributed by atoms with Crippen molar-refractivity contribution in [3.63, 3.8) is 0 Å². The number of H-pyrrole nitrogens is 1. The van der Waals surface area contributed by atoms with Gasteiger partial charge in [-0.15, -0.1) is 4.68 Å². The van der Waals surface area contributed by atoms with Crippen LogP contribution >= 0.6 is 0 Å². The number of aromatic nitrogens is 3. The minimum Gasteiger partial charge on any atom is -0.398 e. The summed E-state index contributed by atoms with van der Waals surface area (Å²) >= 11 is 0. The van der Waals surface area contributed by atoms with E-state index in [1.54, 1.807) is 35.2 Å². The van der Waals surface area contributed by atoms with Crippen molar-refractivity contribution in [1.82, 2.24) is 15.2 Å². The van der Waals surface area contributed by atoms with Crippen LogP contribution in [0.25, 0.3) is 5.69 Å². The van der Waals surface area contributed by atoms with Crippen LogP contribution < -0.4 is 10.4 Å². The highest BCUT2D eigenvalue weighted by Crippen LogP contribution is 2.16. The quantitative estimate of drug-likeness (QED) is 0.351. The fourth-order valence-corrected chi connectivity index (χ4v) is 3.18. The summed E-state index contributed by atoms with van der Waals surface area (Å²) in [5.74, 6) is -0.801. The fourth-order valence-electron chi connectivity index (χ4n) is 3.18. The molecule has 148 valence electrons. The highest BCUT2D eigenvalue weighted by molar-refractivity contribution is 6.12. The molecule has 1 fully saturated rings. The number of benzene rings is 2. The largest absolute Gasteiger partial charge is 0.398 e. The first-order chi connectivity index (χ1) is 14.0. The standard InChI is InChI=1S/C20H19FN6O2/c21-15-11-13(20(28)26-7-9-29-10-8-26)5-6-18(15)27-12-17(24-25-27)19(23)14-3-1-2-4-16(14)22/h1-6,11-12H,7-10H2,(H3,22,23)/p+1. The number of hydrogen-bond donors (Lipinski definition) is 3. The molecular formula is C20H20FN6O2+. The molecule has 1 aliphatic heterocycles. The van der Waals surface area contributed by atoms with Crippen molar-refractivity contribution < 1.29 is 18.6 Å². The lowest BCUT2D eigenvalue weighted by Crippen LogP contribution is -2.41. The first kappa shape index (κ1) is 18.8. The smallest absolute Gasteiger partial charge is 0.267 e. The molecule has 4 N–H and O–H groups in total. The van der Waals surface area contributed by atoms with Gasteiger partial charge in [0.15, 0.2) is 17.7 Å². The van der Waals surface area contributed by atoms with Crippen LogP contribution in [0.4, 0.5) is 10.1 Å². The summed E-state index contributed by atoms with van der Waals surface area (Å²) < 4.78 is 21.3. The van der Waals surface area contributed by atoms with Crippen molar-refractivity contribution in [2.75, 3.05) is 32.0 Å². The number of nitrogen functional groups attached to an aromatic ring is 1. The van der Waals surface area contributed by atoms with Crippen molar-refractivity contribution in [3.8, 4) is 5.69 Å². The molecule has 1 aliphatic rings. The van der Waals surface area contributed by atoms with E-state index in [0.29, 0.717) is 43.2 Å². The second kappa shape index (κ2) is 7.80. The Morgan fingerprint density at radius 2 is 2.00 bits per heavy atom. The number of carbonyl (C=O) groups excluding carboxylic acids is 1. The van der Waals surface area contributed by atoms with Gasteiger partial charge in [-0.3, -0.25) is 10.2 Å². The molecule has 1 aromatic heterocycles. The highest BCUT2D eigenvalue weighted by atomic mass is 19.1. The van der Waals surface area contributed by atoms with Crippen molar-refractivity contribution in [3.05, 3.63) is 71.3 Å². The van der Waals surface area contributed by atoms with Gasteiger partial charge >= 0.3 is 0 Å². The lowest BCUT2D eigenvalue weighted by Gasteiger charge is -2.26. The summed E-state index contributed by atoms with van der Waals surface area (Å²) in [5, 5.41) is 15.1. The van der Waals surface area contributed by atoms with Gasteiger partial charge in [-0.05, 0) is 24.3 Å². The second-order valence-corrected chi connectivity index (χ2v) is 6.63. The normalized spacial score (nSPS) is 14.0. The Morgan fingerprint density at radius 1 is 1.24 bits per heavy atom. The van der Waals surface area contributed by atoms with Crippen LogP contribution in [0.1, 0.15) is 21.6 Å². The van der Waals surface area contributed by atoms with Crippen LogP contribution in [0.2, 0.25) is 0 Å². The average Bonchev–Trinajstić information content (AvgIpc) is 3.23. The molecule has 0 radical (unpaired) electrons. The molecule has 4 rings (SSSR count). The zero-order chi connectivity index (χ0) is 20.4. The third kappa shape index (κ3) is 3.72. The first-order valence-corrected chi connectivity index (χ1v) is 9.12. The summed E-state index contributed by atoms with van der Waals surface area (Å²) in [5.41, 5.74) is 7.83. The van der Waals surface area contributed by atoms with Crippen LogP contribution in [0.3, 0.4) is 0 Å². The third-order valence-electron chi connectivity index (χ3n) is 4.77. The number of rotatable bonds is 4. The Kier molecular flexibility index (Phi) is 5.05. The lowest BCUT2D eigenvalue weighted by molar-refractivity contribution is -0.661. The number of para-hydroxylation sites is 1. The van der Waals surface area contributed by atoms with Crippen LogP contribution in [-0.4, -0.2) is 53.1 Å². The van der Waals surface area contributed by atoms with E-state index >= 15 is 0 Å². The number of morpholine rings is 1. The number of hydrogen-bond acceptors (Lipinski definition) is 5. The molecule has 9 heteroatoms. The molecule has 2 heterocycles. The van der Waals surface area contributed by atoms with Crippen LogP contribution in [0.15, 0.2) is 48.7 Å². The van der Waals surface area contributed by atoms with Gasteiger partial charge in [0.2, 0.25) is 0 Å². The zero-order valence-electron chi connectivity index (χ0n) is 15.6. The lowest BCUT2D eigenvalue weighted by atomic mass is 10.1. The Bertz CT molecular complexity index is 1070. The maximum absolute atomic E-state index is 14.7. The van der Waals surface area contributed by atoms with Crippen molar-refractivity contribution in [1.29, 1.82) is 5.41 Å². The van der Waals surface area contributed by atoms with E-state index in [4.69, 9.17) is 15.9 Å². The minimum atomic E-state index is -0.574. The number of anilines is 1. The number of amides is 1. The molecule has 2 aromatic carbocycles. The maximum Gasteiger partial charge on any atom is 0.267 e. The number of halogens is 1. The molecule has 1 amide bonds. The van der Waals surface area contributed by atoms with Gasteiger partial charge in [0.05, 0.1) is 13.2 Å². The number of nitrogens with zero attached hydrogens (tertiary/aromatic N) is 3. The Hall–Kier alpha value is -3.59. The van der Waals surface area contributed by atoms with Crippen molar-refractivity contribution >= 4 is 17.3 Å². The summed E-state index contributed by atoms with van der Waals surface area (Å²) in [6, 6.07) is 11.3. The number of nitrogens with one attached hydrogen (secondary N) is 2. The predicted octanol–water partition coefficient (Wildman–Crippen LogP) is 1.30. The van der Waals surface area contributed by atoms with Crippen molar-refractivity contribution in [2.45, 2.75) is 0 Å². The molecule has 3 aromatic rings. The topological polar surface area (TPSA) is 112 Å². The number of ether oxygens (including phenoxy) is 1. The van der Waals surface area contributed by atoms with Crippen LogP contribution in [0, 0.1) is 11.2 Å². The first-order valence-electron chi connectivity index (χ1n) is 9.12. The monoisotopic (exact) mass is 395 g/mol. The molecule has 0 unspecified atom stereocenters. The van der Waals surface area contributed by atoms with Gasteiger partial charge in [0.1, 0.15) is 5.71 Å². The zero-order valence-corrected chi connectivity index (χ0v) is 15.6. The molecule has 0 spiro atoms. The van der Waals surface area contributed by atoms with Gasteiger partial charge in [-0.2, -0.15) is 0 Å². The minimum absolute atomic E-state index is 0.123. The van der Waals surface area contributed by atoms with E-state index in [-0.39, 0.29) is 22.9 Å². The average molecular weight is 395 g/mol. The number of carbonyl (C=O) groups is 1. The molecule has 1 saturated heterocycles. The van der Waals surface area contributed by atoms with E-state index in [9.17, 15) is 9.18 Å². The Balaban J connectivity index is 1.57. The van der Waals surface area contributed by atoms with Crippen LogP contribution in [0.5, 0.6) is 0 Å². The molecule has 0 bridgehead atoms. The van der Waals surface area contributed by atoms with Crippen LogP contribution in [-0.2, 0) is 4.74 Å². The Labute approximate surface area is 166 Å². The van der Waals surface area contributed by atoms with E-state index < -0.39 is 5.82 Å². The third-order valence-corrected chi connectivity index (χ3v) is 4.77. The van der Waals surface area contributed by atoms with E-state index in [1.165, 1.54) is 23.0 Å². The highest BCUT2D eigenvalue weighted by Gasteiger charge is 2.23. The van der Waals surface area contributed by atoms with E-state index in [2.05, 4.69) is 10.3 Å². The van der Waals surface area contributed by atoms with Gasteiger partial charge in [-0.25, -0.2) is 4.39 Å². The van der Waals surface area contributed by atoms with E-state index in [1.807, 2.05) is 0 Å². The number of aromatic amines is 1. The Morgan fingerprint density at radius 3 is 2.72 bits per heavy atom. The van der Waals surface area contributed by atoms with Gasteiger partial charge in [0, 0.05) is 35.0 Å². The summed E-state index contributed by atoms with van der Waals surface area (Å²) in [4.78, 5) is 14.2. The second-order valence-electron chi connectivity index (χ2n) is 6.63. The summed E-state index contributed by atoms with van der Waals surface area (Å²) in [6.07, 6.45) is 1.51. The van der Waals surface area contributed by atoms with Gasteiger partial charge in [-0.1, -0.05) is 23.4 Å². The van der Waals surface area contributed by atoms with Crippen molar-refractivity contribution in [2.24, 2.45) is 0 Å². The summed E-state index contributed by atoms with van der Waals surface area (Å²) in [6.45, 7) is 1.95. The maximum atomic E-state index is 14.7. The van der Waals surface area contributed by atoms with Gasteiger partial charge < -0.3 is 15.4 Å².